The molecular formula is C13H28N2O. The second kappa shape index (κ2) is 5.48. The Hall–Kier alpha value is -0.120. The lowest BCUT2D eigenvalue weighted by Crippen LogP contribution is -2.51. The van der Waals surface area contributed by atoms with Crippen LogP contribution in [0.25, 0.3) is 0 Å². The second-order valence-electron chi connectivity index (χ2n) is 5.77. The van der Waals surface area contributed by atoms with E-state index in [1.807, 2.05) is 0 Å². The van der Waals surface area contributed by atoms with Gasteiger partial charge in [-0.2, -0.15) is 0 Å². The minimum Gasteiger partial charge on any atom is -0.379 e. The first kappa shape index (κ1) is 13.9. The molecule has 0 radical (unpaired) electrons. The summed E-state index contributed by atoms with van der Waals surface area (Å²) in [4.78, 5) is 2.46. The summed E-state index contributed by atoms with van der Waals surface area (Å²) in [6.07, 6.45) is 6.23. The van der Waals surface area contributed by atoms with E-state index in [1.165, 1.54) is 25.7 Å². The van der Waals surface area contributed by atoms with Gasteiger partial charge in [0.2, 0.25) is 0 Å². The summed E-state index contributed by atoms with van der Waals surface area (Å²) >= 11 is 0. The average Bonchev–Trinajstić information content (AvgIpc) is 2.76. The highest BCUT2D eigenvalue weighted by molar-refractivity contribution is 4.94. The molecule has 16 heavy (non-hydrogen) atoms. The predicted molar refractivity (Wildman–Crippen MR) is 68.6 cm³/mol. The van der Waals surface area contributed by atoms with Crippen molar-refractivity contribution in [3.63, 3.8) is 0 Å². The molecule has 0 spiro atoms. The Morgan fingerprint density at radius 2 is 1.88 bits per heavy atom. The van der Waals surface area contributed by atoms with Gasteiger partial charge in [0.25, 0.3) is 0 Å². The van der Waals surface area contributed by atoms with Gasteiger partial charge in [0, 0.05) is 25.7 Å². The Morgan fingerprint density at radius 1 is 1.31 bits per heavy atom. The van der Waals surface area contributed by atoms with Gasteiger partial charge in [0.1, 0.15) is 0 Å². The molecule has 0 aliphatic heterocycles. The van der Waals surface area contributed by atoms with Crippen molar-refractivity contribution in [3.05, 3.63) is 0 Å². The summed E-state index contributed by atoms with van der Waals surface area (Å²) in [7, 11) is 4.00. The number of likely N-dealkylation sites (N-methyl/N-ethyl adjacent to an activating group) is 1. The molecule has 1 aliphatic carbocycles. The third-order valence-corrected chi connectivity index (χ3v) is 4.33. The first-order valence-corrected chi connectivity index (χ1v) is 6.42. The van der Waals surface area contributed by atoms with Gasteiger partial charge in [-0.25, -0.2) is 0 Å². The number of hydrogen-bond acceptors (Lipinski definition) is 3. The van der Waals surface area contributed by atoms with Crippen LogP contribution in [0.4, 0.5) is 0 Å². The third-order valence-electron chi connectivity index (χ3n) is 4.33. The molecule has 3 heteroatoms. The Kier molecular flexibility index (Phi) is 4.77. The smallest absolute Gasteiger partial charge is 0.0634 e. The molecule has 0 saturated heterocycles. The third kappa shape index (κ3) is 3.19. The zero-order valence-corrected chi connectivity index (χ0v) is 11.4. The van der Waals surface area contributed by atoms with E-state index in [0.29, 0.717) is 0 Å². The molecule has 2 N–H and O–H groups in total. The highest BCUT2D eigenvalue weighted by Crippen LogP contribution is 2.34. The Balaban J connectivity index is 2.47. The molecular weight excluding hydrogens is 200 g/mol. The van der Waals surface area contributed by atoms with Crippen LogP contribution in [0, 0.1) is 0 Å². The maximum Gasteiger partial charge on any atom is 0.0634 e. The predicted octanol–water partition coefficient (Wildman–Crippen LogP) is 2.00. The summed E-state index contributed by atoms with van der Waals surface area (Å²) in [6.45, 7) is 6.14. The van der Waals surface area contributed by atoms with Crippen LogP contribution in [0.5, 0.6) is 0 Å². The van der Waals surface area contributed by atoms with Crippen LogP contribution in [-0.4, -0.2) is 43.3 Å². The average molecular weight is 228 g/mol. The van der Waals surface area contributed by atoms with E-state index in [1.54, 1.807) is 7.11 Å². The number of hydrogen-bond donors (Lipinski definition) is 1. The minimum absolute atomic E-state index is 0.0251. The van der Waals surface area contributed by atoms with E-state index in [9.17, 15) is 0 Å². The van der Waals surface area contributed by atoms with Crippen LogP contribution in [0.2, 0.25) is 0 Å². The van der Waals surface area contributed by atoms with Gasteiger partial charge in [-0.3, -0.25) is 4.90 Å². The first-order valence-electron chi connectivity index (χ1n) is 6.42. The van der Waals surface area contributed by atoms with Crippen LogP contribution in [0.1, 0.15) is 46.0 Å². The van der Waals surface area contributed by atoms with Gasteiger partial charge < -0.3 is 10.5 Å². The van der Waals surface area contributed by atoms with Gasteiger partial charge in [0.05, 0.1) is 5.60 Å². The van der Waals surface area contributed by atoms with Crippen molar-refractivity contribution in [1.29, 1.82) is 0 Å². The van der Waals surface area contributed by atoms with Crippen molar-refractivity contribution in [2.24, 2.45) is 5.73 Å². The van der Waals surface area contributed by atoms with Crippen LogP contribution >= 0.6 is 0 Å². The molecule has 0 bridgehead atoms. The number of rotatable bonds is 6. The lowest BCUT2D eigenvalue weighted by atomic mass is 9.94. The summed E-state index contributed by atoms with van der Waals surface area (Å²) < 4.78 is 5.46. The van der Waals surface area contributed by atoms with Gasteiger partial charge in [-0.15, -0.1) is 0 Å². The SMILES string of the molecule is COC(C)(C)CCN(C)C1(CN)CCCC1. The normalized spacial score (nSPS) is 20.6. The highest BCUT2D eigenvalue weighted by atomic mass is 16.5. The maximum atomic E-state index is 5.97. The van der Waals surface area contributed by atoms with Gasteiger partial charge >= 0.3 is 0 Å². The highest BCUT2D eigenvalue weighted by Gasteiger charge is 2.36. The fourth-order valence-corrected chi connectivity index (χ4v) is 2.55. The Morgan fingerprint density at radius 3 is 2.31 bits per heavy atom. The zero-order valence-electron chi connectivity index (χ0n) is 11.4. The molecule has 1 saturated carbocycles. The zero-order chi connectivity index (χ0) is 12.2. The fourth-order valence-electron chi connectivity index (χ4n) is 2.55. The maximum absolute atomic E-state index is 5.97. The molecule has 0 aromatic rings. The quantitative estimate of drug-likeness (QED) is 0.756. The molecule has 3 nitrogen and oxygen atoms in total. The van der Waals surface area contributed by atoms with Crippen molar-refractivity contribution in [2.45, 2.75) is 57.1 Å². The van der Waals surface area contributed by atoms with Crippen LogP contribution in [-0.2, 0) is 4.74 Å². The molecule has 96 valence electrons. The molecule has 0 atom stereocenters. The topological polar surface area (TPSA) is 38.5 Å². The summed E-state index contributed by atoms with van der Waals surface area (Å²) in [5.41, 5.74) is 6.21. The van der Waals surface area contributed by atoms with E-state index >= 15 is 0 Å². The number of nitrogens with zero attached hydrogens (tertiary/aromatic N) is 1. The van der Waals surface area contributed by atoms with E-state index < -0.39 is 0 Å². The monoisotopic (exact) mass is 228 g/mol. The Labute approximate surface area is 100 Å². The van der Waals surface area contributed by atoms with Crippen molar-refractivity contribution < 1.29 is 4.74 Å². The number of methoxy groups -OCH3 is 1. The van der Waals surface area contributed by atoms with Crippen molar-refractivity contribution in [3.8, 4) is 0 Å². The standard InChI is InChI=1S/C13H28N2O/c1-12(2,16-4)9-10-15(3)13(11-14)7-5-6-8-13/h5-11,14H2,1-4H3. The molecule has 1 aliphatic rings. The lowest BCUT2D eigenvalue weighted by molar-refractivity contribution is -0.000347. The van der Waals surface area contributed by atoms with Gasteiger partial charge in [-0.05, 0) is 40.2 Å². The van der Waals surface area contributed by atoms with E-state index in [0.717, 1.165) is 19.5 Å². The van der Waals surface area contributed by atoms with E-state index in [4.69, 9.17) is 10.5 Å². The Bertz CT molecular complexity index is 210. The first-order chi connectivity index (χ1) is 7.46. The summed E-state index contributed by atoms with van der Waals surface area (Å²) in [6, 6.07) is 0. The molecule has 1 fully saturated rings. The van der Waals surface area contributed by atoms with Gasteiger partial charge in [-0.1, -0.05) is 12.8 Å². The fraction of sp³-hybridized carbons (Fsp3) is 1.00. The molecule has 0 aromatic heterocycles. The largest absolute Gasteiger partial charge is 0.379 e. The van der Waals surface area contributed by atoms with Crippen molar-refractivity contribution in [1.82, 2.24) is 4.90 Å². The van der Waals surface area contributed by atoms with E-state index in [2.05, 4.69) is 25.8 Å². The molecule has 0 heterocycles. The molecule has 0 aromatic carbocycles. The van der Waals surface area contributed by atoms with Gasteiger partial charge in [0.15, 0.2) is 0 Å². The van der Waals surface area contributed by atoms with Crippen LogP contribution in [0.15, 0.2) is 0 Å². The van der Waals surface area contributed by atoms with Crippen molar-refractivity contribution >= 4 is 0 Å². The van der Waals surface area contributed by atoms with Crippen LogP contribution < -0.4 is 5.73 Å². The molecule has 0 unspecified atom stereocenters. The second-order valence-corrected chi connectivity index (χ2v) is 5.77. The minimum atomic E-state index is -0.0251. The number of ether oxygens (including phenoxy) is 1. The summed E-state index contributed by atoms with van der Waals surface area (Å²) in [5.74, 6) is 0. The van der Waals surface area contributed by atoms with Crippen molar-refractivity contribution in [2.75, 3.05) is 27.2 Å². The lowest BCUT2D eigenvalue weighted by Gasteiger charge is -2.39. The van der Waals surface area contributed by atoms with Crippen LogP contribution in [0.3, 0.4) is 0 Å². The number of nitrogens with two attached hydrogens (primary N) is 1. The summed E-state index contributed by atoms with van der Waals surface area (Å²) in [5, 5.41) is 0. The molecule has 1 rings (SSSR count). The molecule has 0 amide bonds. The van der Waals surface area contributed by atoms with E-state index in [-0.39, 0.29) is 11.1 Å².